The highest BCUT2D eigenvalue weighted by Gasteiger charge is 2.10. The maximum atomic E-state index is 11.5. The molecule has 0 radical (unpaired) electrons. The number of esters is 1. The Balaban J connectivity index is 2.74. The van der Waals surface area contributed by atoms with Gasteiger partial charge in [0.2, 0.25) is 0 Å². The lowest BCUT2D eigenvalue weighted by molar-refractivity contribution is -0.139. The Kier molecular flexibility index (Phi) is 6.12. The van der Waals surface area contributed by atoms with Crippen molar-refractivity contribution in [1.82, 2.24) is 0 Å². The van der Waals surface area contributed by atoms with E-state index in [0.717, 1.165) is 10.0 Å². The fourth-order valence-corrected chi connectivity index (χ4v) is 1.42. The van der Waals surface area contributed by atoms with Gasteiger partial charge >= 0.3 is 5.97 Å². The molecule has 5 heteroatoms. The first-order valence-corrected chi connectivity index (χ1v) is 6.00. The van der Waals surface area contributed by atoms with Crippen LogP contribution in [0.15, 0.2) is 34.3 Å². The highest BCUT2D eigenvalue weighted by atomic mass is 79.9. The van der Waals surface area contributed by atoms with Gasteiger partial charge in [-0.05, 0) is 23.8 Å². The normalized spacial score (nSPS) is 10.8. The summed E-state index contributed by atoms with van der Waals surface area (Å²) < 4.78 is 10.6. The van der Waals surface area contributed by atoms with Crippen LogP contribution in [0, 0.1) is 11.3 Å². The van der Waals surface area contributed by atoms with Crippen molar-refractivity contribution >= 4 is 28.0 Å². The number of hydrogen-bond donors (Lipinski definition) is 0. The number of rotatable bonds is 5. The van der Waals surface area contributed by atoms with Crippen LogP contribution in [0.4, 0.5) is 0 Å². The van der Waals surface area contributed by atoms with Gasteiger partial charge < -0.3 is 9.47 Å². The molecule has 1 aromatic carbocycles. The van der Waals surface area contributed by atoms with Crippen LogP contribution in [-0.2, 0) is 14.3 Å². The number of methoxy groups -OCH3 is 1. The molecule has 0 saturated carbocycles. The van der Waals surface area contributed by atoms with E-state index >= 15 is 0 Å². The Bertz CT molecular complexity index is 474. The van der Waals surface area contributed by atoms with Crippen LogP contribution in [0.1, 0.15) is 5.56 Å². The van der Waals surface area contributed by atoms with Crippen LogP contribution < -0.4 is 0 Å². The predicted octanol–water partition coefficient (Wildman–Crippen LogP) is 2.55. The third kappa shape index (κ3) is 4.70. The minimum Gasteiger partial charge on any atom is -0.459 e. The van der Waals surface area contributed by atoms with Crippen molar-refractivity contribution < 1.29 is 14.3 Å². The summed E-state index contributed by atoms with van der Waals surface area (Å²) in [7, 11) is 1.51. The van der Waals surface area contributed by atoms with E-state index in [9.17, 15) is 4.79 Å². The molecule has 0 aliphatic carbocycles. The summed E-state index contributed by atoms with van der Waals surface area (Å²) in [5.41, 5.74) is 0.729. The number of nitriles is 1. The Morgan fingerprint density at radius 3 is 2.61 bits per heavy atom. The maximum absolute atomic E-state index is 11.5. The van der Waals surface area contributed by atoms with Crippen molar-refractivity contribution in [2.75, 3.05) is 20.3 Å². The fraction of sp³-hybridized carbons (Fsp3) is 0.231. The average molecular weight is 310 g/mol. The van der Waals surface area contributed by atoms with Gasteiger partial charge in [0.05, 0.1) is 6.61 Å². The van der Waals surface area contributed by atoms with Gasteiger partial charge in [0.15, 0.2) is 0 Å². The number of nitrogens with zero attached hydrogens (tertiary/aromatic N) is 1. The van der Waals surface area contributed by atoms with E-state index in [4.69, 9.17) is 14.7 Å². The predicted molar refractivity (Wildman–Crippen MR) is 70.6 cm³/mol. The van der Waals surface area contributed by atoms with E-state index in [-0.39, 0.29) is 12.2 Å². The first kappa shape index (κ1) is 14.4. The van der Waals surface area contributed by atoms with Crippen molar-refractivity contribution in [3.63, 3.8) is 0 Å². The highest BCUT2D eigenvalue weighted by Crippen LogP contribution is 2.13. The Morgan fingerprint density at radius 1 is 1.39 bits per heavy atom. The van der Waals surface area contributed by atoms with Gasteiger partial charge in [0.1, 0.15) is 18.2 Å². The van der Waals surface area contributed by atoms with E-state index in [1.165, 1.54) is 13.2 Å². The molecule has 4 nitrogen and oxygen atoms in total. The van der Waals surface area contributed by atoms with Crippen LogP contribution in [0.3, 0.4) is 0 Å². The number of ether oxygens (including phenoxy) is 2. The monoisotopic (exact) mass is 309 g/mol. The zero-order chi connectivity index (χ0) is 13.4. The average Bonchev–Trinajstić information content (AvgIpc) is 2.38. The summed E-state index contributed by atoms with van der Waals surface area (Å²) in [6, 6.07) is 9.08. The zero-order valence-electron chi connectivity index (χ0n) is 9.85. The number of carbonyl (C=O) groups excluding carboxylic acids is 1. The molecule has 94 valence electrons. The number of hydrogen-bond acceptors (Lipinski definition) is 4. The molecule has 0 amide bonds. The molecule has 0 aliphatic heterocycles. The van der Waals surface area contributed by atoms with Crippen molar-refractivity contribution in [3.8, 4) is 6.07 Å². The highest BCUT2D eigenvalue weighted by molar-refractivity contribution is 9.10. The molecule has 0 aromatic heterocycles. The zero-order valence-corrected chi connectivity index (χ0v) is 11.4. The standard InChI is InChI=1S/C13H12BrNO3/c1-17-6-7-18-13(16)11(9-15)8-10-2-4-12(14)5-3-10/h2-5,8H,6-7H2,1H3/b11-8+. The summed E-state index contributed by atoms with van der Waals surface area (Å²) in [5, 5.41) is 8.91. The van der Waals surface area contributed by atoms with Crippen molar-refractivity contribution in [2.45, 2.75) is 0 Å². The molecule has 18 heavy (non-hydrogen) atoms. The fourth-order valence-electron chi connectivity index (χ4n) is 1.16. The quantitative estimate of drug-likeness (QED) is 0.363. The van der Waals surface area contributed by atoms with Gasteiger partial charge in [0, 0.05) is 11.6 Å². The van der Waals surface area contributed by atoms with Gasteiger partial charge in [-0.1, -0.05) is 28.1 Å². The third-order valence-corrected chi connectivity index (χ3v) is 2.57. The molecular weight excluding hydrogens is 298 g/mol. The van der Waals surface area contributed by atoms with E-state index in [1.807, 2.05) is 18.2 Å². The van der Waals surface area contributed by atoms with Crippen molar-refractivity contribution in [2.24, 2.45) is 0 Å². The first-order chi connectivity index (χ1) is 8.67. The number of benzene rings is 1. The summed E-state index contributed by atoms with van der Waals surface area (Å²) in [6.07, 6.45) is 1.49. The van der Waals surface area contributed by atoms with Gasteiger partial charge in [-0.3, -0.25) is 0 Å². The second kappa shape index (κ2) is 7.64. The molecule has 0 fully saturated rings. The Morgan fingerprint density at radius 2 is 2.06 bits per heavy atom. The van der Waals surface area contributed by atoms with Gasteiger partial charge in [-0.15, -0.1) is 0 Å². The summed E-state index contributed by atoms with van der Waals surface area (Å²) >= 11 is 3.31. The van der Waals surface area contributed by atoms with E-state index in [2.05, 4.69) is 15.9 Å². The second-order valence-corrected chi connectivity index (χ2v) is 4.27. The molecule has 0 saturated heterocycles. The second-order valence-electron chi connectivity index (χ2n) is 3.35. The largest absolute Gasteiger partial charge is 0.459 e. The first-order valence-electron chi connectivity index (χ1n) is 5.21. The maximum Gasteiger partial charge on any atom is 0.348 e. The van der Waals surface area contributed by atoms with Crippen molar-refractivity contribution in [3.05, 3.63) is 39.9 Å². The van der Waals surface area contributed by atoms with Crippen LogP contribution in [-0.4, -0.2) is 26.3 Å². The molecule has 1 rings (SSSR count). The summed E-state index contributed by atoms with van der Waals surface area (Å²) in [5.74, 6) is -0.641. The van der Waals surface area contributed by atoms with Crippen LogP contribution in [0.5, 0.6) is 0 Å². The van der Waals surface area contributed by atoms with Crippen LogP contribution >= 0.6 is 15.9 Å². The lowest BCUT2D eigenvalue weighted by atomic mass is 10.1. The number of carbonyl (C=O) groups is 1. The minimum atomic E-state index is -0.641. The van der Waals surface area contributed by atoms with Gasteiger partial charge in [0.25, 0.3) is 0 Å². The van der Waals surface area contributed by atoms with E-state index in [0.29, 0.717) is 6.61 Å². The molecule has 0 atom stereocenters. The Labute approximate surface area is 114 Å². The molecule has 0 aliphatic rings. The molecule has 0 unspecified atom stereocenters. The van der Waals surface area contributed by atoms with Crippen LogP contribution in [0.2, 0.25) is 0 Å². The van der Waals surface area contributed by atoms with E-state index in [1.54, 1.807) is 12.1 Å². The van der Waals surface area contributed by atoms with E-state index < -0.39 is 5.97 Å². The summed E-state index contributed by atoms with van der Waals surface area (Å²) in [4.78, 5) is 11.5. The lowest BCUT2D eigenvalue weighted by Gasteiger charge is -2.02. The molecule has 0 spiro atoms. The summed E-state index contributed by atoms with van der Waals surface area (Å²) in [6.45, 7) is 0.442. The third-order valence-electron chi connectivity index (χ3n) is 2.04. The minimum absolute atomic E-state index is 0.0339. The lowest BCUT2D eigenvalue weighted by Crippen LogP contribution is -2.11. The molecule has 1 aromatic rings. The SMILES string of the molecule is COCCOC(=O)/C(C#N)=C/c1ccc(Br)cc1. The van der Waals surface area contributed by atoms with Crippen LogP contribution in [0.25, 0.3) is 6.08 Å². The van der Waals surface area contributed by atoms with Gasteiger partial charge in [-0.25, -0.2) is 4.79 Å². The topological polar surface area (TPSA) is 59.3 Å². The Hall–Kier alpha value is -1.64. The van der Waals surface area contributed by atoms with Gasteiger partial charge in [-0.2, -0.15) is 5.26 Å². The molecule has 0 heterocycles. The molecular formula is C13H12BrNO3. The number of halogens is 1. The molecule has 0 bridgehead atoms. The van der Waals surface area contributed by atoms with Crippen molar-refractivity contribution in [1.29, 1.82) is 5.26 Å². The molecule has 0 N–H and O–H groups in total. The smallest absolute Gasteiger partial charge is 0.348 e.